The minimum absolute atomic E-state index is 0.0704. The highest BCUT2D eigenvalue weighted by atomic mass is 35.5. The lowest BCUT2D eigenvalue weighted by Gasteiger charge is -2.13. The summed E-state index contributed by atoms with van der Waals surface area (Å²) in [5.74, 6) is 0. The Morgan fingerprint density at radius 2 is 2.06 bits per heavy atom. The van der Waals surface area contributed by atoms with Crippen LogP contribution in [0.15, 0.2) is 52.5 Å². The maximum atomic E-state index is 6.12. The van der Waals surface area contributed by atoms with Gasteiger partial charge < -0.3 is 5.73 Å². The molecule has 1 atom stereocenters. The number of benzene rings is 1. The SMILES string of the molecule is CC[C@H](N)c1ccccc1Sc1ccc(Cl)cn1. The van der Waals surface area contributed by atoms with Crippen molar-refractivity contribution >= 4 is 23.4 Å². The van der Waals surface area contributed by atoms with E-state index >= 15 is 0 Å². The van der Waals surface area contributed by atoms with Gasteiger partial charge in [-0.3, -0.25) is 0 Å². The molecule has 0 aliphatic heterocycles. The minimum atomic E-state index is 0.0704. The molecule has 1 aromatic heterocycles. The molecule has 0 amide bonds. The smallest absolute Gasteiger partial charge is 0.101 e. The molecular formula is C14H15ClN2S. The van der Waals surface area contributed by atoms with Gasteiger partial charge in [-0.25, -0.2) is 4.98 Å². The molecule has 0 unspecified atom stereocenters. The summed E-state index contributed by atoms with van der Waals surface area (Å²) >= 11 is 7.44. The molecule has 0 saturated heterocycles. The fourth-order valence-corrected chi connectivity index (χ4v) is 2.70. The van der Waals surface area contributed by atoms with Crippen LogP contribution in [0.25, 0.3) is 0 Å². The van der Waals surface area contributed by atoms with Gasteiger partial charge in [-0.2, -0.15) is 0 Å². The highest BCUT2D eigenvalue weighted by Gasteiger charge is 2.10. The fourth-order valence-electron chi connectivity index (χ4n) is 1.63. The van der Waals surface area contributed by atoms with Crippen LogP contribution in [0.2, 0.25) is 5.02 Å². The Bertz CT molecular complexity index is 513. The zero-order valence-corrected chi connectivity index (χ0v) is 11.7. The van der Waals surface area contributed by atoms with Gasteiger partial charge in [0.05, 0.1) is 5.02 Å². The molecule has 1 heterocycles. The van der Waals surface area contributed by atoms with Crippen molar-refractivity contribution in [2.75, 3.05) is 0 Å². The highest BCUT2D eigenvalue weighted by molar-refractivity contribution is 7.99. The molecule has 4 heteroatoms. The van der Waals surface area contributed by atoms with Crippen molar-refractivity contribution in [3.8, 4) is 0 Å². The van der Waals surface area contributed by atoms with E-state index in [1.54, 1.807) is 18.0 Å². The highest BCUT2D eigenvalue weighted by Crippen LogP contribution is 2.32. The summed E-state index contributed by atoms with van der Waals surface area (Å²) in [6.07, 6.45) is 2.58. The number of aromatic nitrogens is 1. The minimum Gasteiger partial charge on any atom is -0.324 e. The largest absolute Gasteiger partial charge is 0.324 e. The number of hydrogen-bond donors (Lipinski definition) is 1. The number of nitrogens with two attached hydrogens (primary N) is 1. The lowest BCUT2D eigenvalue weighted by Crippen LogP contribution is -2.09. The van der Waals surface area contributed by atoms with E-state index in [1.807, 2.05) is 24.3 Å². The number of nitrogens with zero attached hydrogens (tertiary/aromatic N) is 1. The van der Waals surface area contributed by atoms with Crippen LogP contribution in [0.1, 0.15) is 24.9 Å². The fraction of sp³-hybridized carbons (Fsp3) is 0.214. The number of halogens is 1. The van der Waals surface area contributed by atoms with E-state index in [9.17, 15) is 0 Å². The normalized spacial score (nSPS) is 12.4. The van der Waals surface area contributed by atoms with Gasteiger partial charge in [-0.05, 0) is 30.2 Å². The maximum Gasteiger partial charge on any atom is 0.101 e. The summed E-state index contributed by atoms with van der Waals surface area (Å²) in [7, 11) is 0. The van der Waals surface area contributed by atoms with Gasteiger partial charge in [0.2, 0.25) is 0 Å². The Morgan fingerprint density at radius 3 is 2.72 bits per heavy atom. The Hall–Kier alpha value is -1.03. The Kier molecular flexibility index (Phi) is 4.64. The Morgan fingerprint density at radius 1 is 1.28 bits per heavy atom. The van der Waals surface area contributed by atoms with Crippen molar-refractivity contribution < 1.29 is 0 Å². The second-order valence-corrected chi connectivity index (χ2v) is 5.47. The topological polar surface area (TPSA) is 38.9 Å². The van der Waals surface area contributed by atoms with E-state index in [2.05, 4.69) is 24.0 Å². The third-order valence-corrected chi connectivity index (χ3v) is 3.94. The molecule has 0 bridgehead atoms. The zero-order valence-electron chi connectivity index (χ0n) is 10.1. The molecule has 18 heavy (non-hydrogen) atoms. The molecule has 0 saturated carbocycles. The first-order valence-electron chi connectivity index (χ1n) is 5.84. The Labute approximate surface area is 117 Å². The van der Waals surface area contributed by atoms with Crippen molar-refractivity contribution in [2.45, 2.75) is 29.3 Å². The average molecular weight is 279 g/mol. The first-order chi connectivity index (χ1) is 8.70. The third kappa shape index (κ3) is 3.25. The van der Waals surface area contributed by atoms with Gasteiger partial charge in [-0.15, -0.1) is 0 Å². The number of pyridine rings is 1. The van der Waals surface area contributed by atoms with Crippen LogP contribution in [0.3, 0.4) is 0 Å². The second-order valence-electron chi connectivity index (χ2n) is 3.97. The summed E-state index contributed by atoms with van der Waals surface area (Å²) in [6, 6.07) is 12.0. The molecule has 1 aromatic carbocycles. The van der Waals surface area contributed by atoms with E-state index < -0.39 is 0 Å². The van der Waals surface area contributed by atoms with Gasteiger partial charge in [-0.1, -0.05) is 48.5 Å². The van der Waals surface area contributed by atoms with E-state index in [4.69, 9.17) is 17.3 Å². The molecule has 2 nitrogen and oxygen atoms in total. The van der Waals surface area contributed by atoms with Crippen LogP contribution in [0.5, 0.6) is 0 Å². The first-order valence-corrected chi connectivity index (χ1v) is 7.04. The summed E-state index contributed by atoms with van der Waals surface area (Å²) in [6.45, 7) is 2.09. The number of rotatable bonds is 4. The molecule has 2 rings (SSSR count). The van der Waals surface area contributed by atoms with Crippen LogP contribution in [0, 0.1) is 0 Å². The van der Waals surface area contributed by atoms with E-state index in [0.29, 0.717) is 5.02 Å². The standard InChI is InChI=1S/C14H15ClN2S/c1-2-12(16)11-5-3-4-6-13(11)18-14-8-7-10(15)9-17-14/h3-9,12H,2,16H2,1H3/t12-/m0/s1. The predicted octanol–water partition coefficient (Wildman–Crippen LogP) is 4.30. The van der Waals surface area contributed by atoms with Gasteiger partial charge in [0.15, 0.2) is 0 Å². The van der Waals surface area contributed by atoms with Crippen molar-refractivity contribution in [3.05, 3.63) is 53.2 Å². The molecule has 0 aliphatic carbocycles. The van der Waals surface area contributed by atoms with Gasteiger partial charge >= 0.3 is 0 Å². The summed E-state index contributed by atoms with van der Waals surface area (Å²) in [4.78, 5) is 5.44. The monoisotopic (exact) mass is 278 g/mol. The second kappa shape index (κ2) is 6.23. The van der Waals surface area contributed by atoms with Crippen molar-refractivity contribution in [1.82, 2.24) is 4.98 Å². The van der Waals surface area contributed by atoms with Crippen LogP contribution >= 0.6 is 23.4 Å². The molecule has 0 fully saturated rings. The van der Waals surface area contributed by atoms with Gasteiger partial charge in [0.25, 0.3) is 0 Å². The van der Waals surface area contributed by atoms with Crippen LogP contribution in [-0.2, 0) is 0 Å². The quantitative estimate of drug-likeness (QED) is 0.906. The van der Waals surface area contributed by atoms with Crippen molar-refractivity contribution in [3.63, 3.8) is 0 Å². The lowest BCUT2D eigenvalue weighted by molar-refractivity contribution is 0.685. The molecule has 0 aliphatic rings. The average Bonchev–Trinajstić information content (AvgIpc) is 2.41. The third-order valence-electron chi connectivity index (χ3n) is 2.67. The van der Waals surface area contributed by atoms with Crippen LogP contribution < -0.4 is 5.73 Å². The molecular weight excluding hydrogens is 264 g/mol. The van der Waals surface area contributed by atoms with Crippen molar-refractivity contribution in [1.29, 1.82) is 0 Å². The van der Waals surface area contributed by atoms with Crippen LogP contribution in [-0.4, -0.2) is 4.98 Å². The van der Waals surface area contributed by atoms with Crippen molar-refractivity contribution in [2.24, 2.45) is 5.73 Å². The van der Waals surface area contributed by atoms with E-state index in [-0.39, 0.29) is 6.04 Å². The number of hydrogen-bond acceptors (Lipinski definition) is 3. The summed E-state index contributed by atoms with van der Waals surface area (Å²) < 4.78 is 0. The first kappa shape index (κ1) is 13.4. The zero-order chi connectivity index (χ0) is 13.0. The molecule has 2 N–H and O–H groups in total. The summed E-state index contributed by atoms with van der Waals surface area (Å²) in [5.41, 5.74) is 7.29. The maximum absolute atomic E-state index is 6.12. The predicted molar refractivity (Wildman–Crippen MR) is 77.0 cm³/mol. The Balaban J connectivity index is 2.26. The molecule has 94 valence electrons. The molecule has 0 spiro atoms. The lowest BCUT2D eigenvalue weighted by atomic mass is 10.1. The van der Waals surface area contributed by atoms with Gasteiger partial charge in [0.1, 0.15) is 5.03 Å². The van der Waals surface area contributed by atoms with Gasteiger partial charge in [0, 0.05) is 17.1 Å². The van der Waals surface area contributed by atoms with E-state index in [1.165, 1.54) is 5.56 Å². The van der Waals surface area contributed by atoms with Crippen LogP contribution in [0.4, 0.5) is 0 Å². The molecule has 0 radical (unpaired) electrons. The summed E-state index contributed by atoms with van der Waals surface area (Å²) in [5, 5.41) is 1.58. The molecule has 2 aromatic rings. The van der Waals surface area contributed by atoms with E-state index in [0.717, 1.165) is 16.3 Å².